The number of hydrogen-bond acceptors (Lipinski definition) is 5. The number of hydrogen-bond donors (Lipinski definition) is 1. The van der Waals surface area contributed by atoms with Crippen LogP contribution in [0.4, 0.5) is 0 Å². The number of nitrogens with zero attached hydrogens (tertiary/aromatic N) is 2. The zero-order chi connectivity index (χ0) is 18.7. The van der Waals surface area contributed by atoms with Crippen LogP contribution in [0.3, 0.4) is 0 Å². The quantitative estimate of drug-likeness (QED) is 0.723. The second-order valence-corrected chi connectivity index (χ2v) is 10.3. The molecule has 1 aromatic heterocycles. The standard InChI is InChI=1S/C18H24BrN3O2S2/c1-14(20-26(23,24)16-7-5-15(19)6-8-16)18(17-4-3-13-25-17)22-11-9-21(2)10-12-22/h3-8,13-14,18,20H,9-12H2,1-2H3/t14-,18+/m1/s1. The summed E-state index contributed by atoms with van der Waals surface area (Å²) in [5.41, 5.74) is 0. The lowest BCUT2D eigenvalue weighted by Gasteiger charge is -2.40. The fourth-order valence-electron chi connectivity index (χ4n) is 3.29. The Morgan fingerprint density at radius 3 is 2.35 bits per heavy atom. The van der Waals surface area contributed by atoms with Gasteiger partial charge in [0.15, 0.2) is 0 Å². The summed E-state index contributed by atoms with van der Waals surface area (Å²) in [4.78, 5) is 6.18. The van der Waals surface area contributed by atoms with Crippen LogP contribution in [0.1, 0.15) is 17.8 Å². The first-order chi connectivity index (χ1) is 12.4. The van der Waals surface area contributed by atoms with Gasteiger partial charge in [0.25, 0.3) is 0 Å². The Morgan fingerprint density at radius 1 is 1.12 bits per heavy atom. The van der Waals surface area contributed by atoms with Gasteiger partial charge in [-0.1, -0.05) is 22.0 Å². The van der Waals surface area contributed by atoms with Gasteiger partial charge < -0.3 is 4.90 Å². The van der Waals surface area contributed by atoms with E-state index >= 15 is 0 Å². The third-order valence-electron chi connectivity index (χ3n) is 4.70. The normalized spacial score (nSPS) is 19.3. The highest BCUT2D eigenvalue weighted by Crippen LogP contribution is 2.30. The van der Waals surface area contributed by atoms with Crippen LogP contribution in [0.25, 0.3) is 0 Å². The molecule has 1 aliphatic rings. The largest absolute Gasteiger partial charge is 0.304 e. The maximum Gasteiger partial charge on any atom is 0.240 e. The van der Waals surface area contributed by atoms with E-state index in [-0.39, 0.29) is 17.0 Å². The molecule has 0 amide bonds. The maximum absolute atomic E-state index is 12.8. The van der Waals surface area contributed by atoms with Crippen molar-refractivity contribution in [3.63, 3.8) is 0 Å². The van der Waals surface area contributed by atoms with Crippen LogP contribution in [0, 0.1) is 0 Å². The Balaban J connectivity index is 1.81. The topological polar surface area (TPSA) is 52.7 Å². The van der Waals surface area contributed by atoms with Gasteiger partial charge in [-0.05, 0) is 49.7 Å². The third kappa shape index (κ3) is 4.74. The molecular formula is C18H24BrN3O2S2. The van der Waals surface area contributed by atoms with Gasteiger partial charge in [0, 0.05) is 41.6 Å². The van der Waals surface area contributed by atoms with Crippen LogP contribution < -0.4 is 4.72 Å². The second-order valence-electron chi connectivity index (χ2n) is 6.66. The van der Waals surface area contributed by atoms with Crippen LogP contribution in [0.2, 0.25) is 0 Å². The Bertz CT molecular complexity index is 801. The van der Waals surface area contributed by atoms with E-state index in [1.54, 1.807) is 35.6 Å². The number of benzene rings is 1. The van der Waals surface area contributed by atoms with E-state index in [4.69, 9.17) is 0 Å². The molecule has 26 heavy (non-hydrogen) atoms. The molecule has 1 saturated heterocycles. The number of sulfonamides is 1. The van der Waals surface area contributed by atoms with Crippen molar-refractivity contribution in [1.29, 1.82) is 0 Å². The molecule has 0 bridgehead atoms. The molecule has 2 heterocycles. The highest BCUT2D eigenvalue weighted by molar-refractivity contribution is 9.10. The summed E-state index contributed by atoms with van der Waals surface area (Å²) >= 11 is 5.03. The fourth-order valence-corrected chi connectivity index (χ4v) is 5.77. The van der Waals surface area contributed by atoms with E-state index in [1.165, 1.54) is 4.88 Å². The van der Waals surface area contributed by atoms with Crippen molar-refractivity contribution in [2.75, 3.05) is 33.2 Å². The SMILES string of the molecule is C[C@@H](NS(=O)(=O)c1ccc(Br)cc1)[C@@H](c1cccs1)N1CCN(C)CC1. The average Bonchev–Trinajstić information content (AvgIpc) is 3.11. The molecule has 0 unspecified atom stereocenters. The van der Waals surface area contributed by atoms with Gasteiger partial charge in [0.05, 0.1) is 10.9 Å². The summed E-state index contributed by atoms with van der Waals surface area (Å²) in [6.07, 6.45) is 0. The number of rotatable bonds is 6. The van der Waals surface area contributed by atoms with E-state index < -0.39 is 10.0 Å². The number of piperazine rings is 1. The molecule has 5 nitrogen and oxygen atoms in total. The lowest BCUT2D eigenvalue weighted by molar-refractivity contribution is 0.0994. The number of halogens is 1. The van der Waals surface area contributed by atoms with Gasteiger partial charge in [0.1, 0.15) is 0 Å². The Kier molecular flexibility index (Phi) is 6.53. The van der Waals surface area contributed by atoms with Crippen LogP contribution in [0.15, 0.2) is 51.1 Å². The monoisotopic (exact) mass is 457 g/mol. The van der Waals surface area contributed by atoms with Crippen molar-refractivity contribution >= 4 is 37.3 Å². The lowest BCUT2D eigenvalue weighted by Crippen LogP contribution is -2.51. The van der Waals surface area contributed by atoms with Crippen molar-refractivity contribution in [2.24, 2.45) is 0 Å². The molecular weight excluding hydrogens is 434 g/mol. The van der Waals surface area contributed by atoms with E-state index in [0.717, 1.165) is 30.7 Å². The Hall–Kier alpha value is -0.770. The zero-order valence-electron chi connectivity index (χ0n) is 14.9. The van der Waals surface area contributed by atoms with Crippen LogP contribution in [0.5, 0.6) is 0 Å². The molecule has 1 fully saturated rings. The van der Waals surface area contributed by atoms with E-state index in [2.05, 4.69) is 43.6 Å². The first-order valence-corrected chi connectivity index (χ1v) is 11.8. The highest BCUT2D eigenvalue weighted by Gasteiger charge is 2.31. The van der Waals surface area contributed by atoms with Crippen molar-refractivity contribution in [3.8, 4) is 0 Å². The van der Waals surface area contributed by atoms with Gasteiger partial charge >= 0.3 is 0 Å². The predicted octanol–water partition coefficient (Wildman–Crippen LogP) is 3.17. The van der Waals surface area contributed by atoms with Crippen molar-refractivity contribution in [2.45, 2.75) is 23.9 Å². The summed E-state index contributed by atoms with van der Waals surface area (Å²) in [5, 5.41) is 2.05. The summed E-state index contributed by atoms with van der Waals surface area (Å²) in [5.74, 6) is 0. The fraction of sp³-hybridized carbons (Fsp3) is 0.444. The van der Waals surface area contributed by atoms with Crippen molar-refractivity contribution in [3.05, 3.63) is 51.1 Å². The molecule has 3 rings (SSSR count). The predicted molar refractivity (Wildman–Crippen MR) is 110 cm³/mol. The Morgan fingerprint density at radius 2 is 1.77 bits per heavy atom. The summed E-state index contributed by atoms with van der Waals surface area (Å²) in [6, 6.07) is 10.7. The smallest absolute Gasteiger partial charge is 0.240 e. The highest BCUT2D eigenvalue weighted by atomic mass is 79.9. The molecule has 0 spiro atoms. The van der Waals surface area contributed by atoms with Crippen LogP contribution >= 0.6 is 27.3 Å². The molecule has 0 aliphatic carbocycles. The first-order valence-electron chi connectivity index (χ1n) is 8.61. The molecule has 2 atom stereocenters. The number of likely N-dealkylation sites (N-methyl/N-ethyl adjacent to an activating group) is 1. The molecule has 1 aliphatic heterocycles. The Labute approximate surface area is 168 Å². The minimum Gasteiger partial charge on any atom is -0.304 e. The van der Waals surface area contributed by atoms with Gasteiger partial charge in [-0.3, -0.25) is 4.90 Å². The van der Waals surface area contributed by atoms with E-state index in [9.17, 15) is 8.42 Å². The third-order valence-corrected chi connectivity index (χ3v) is 7.75. The van der Waals surface area contributed by atoms with Gasteiger partial charge in [-0.15, -0.1) is 11.3 Å². The molecule has 0 saturated carbocycles. The van der Waals surface area contributed by atoms with Gasteiger partial charge in [-0.25, -0.2) is 13.1 Å². The second kappa shape index (κ2) is 8.50. The maximum atomic E-state index is 12.8. The summed E-state index contributed by atoms with van der Waals surface area (Å²) < 4.78 is 29.4. The van der Waals surface area contributed by atoms with Crippen LogP contribution in [-0.2, 0) is 10.0 Å². The molecule has 8 heteroatoms. The lowest BCUT2D eigenvalue weighted by atomic mass is 10.1. The minimum atomic E-state index is -3.57. The van der Waals surface area contributed by atoms with Gasteiger partial charge in [-0.2, -0.15) is 0 Å². The van der Waals surface area contributed by atoms with Crippen LogP contribution in [-0.4, -0.2) is 57.5 Å². The minimum absolute atomic E-state index is 0.0360. The average molecular weight is 458 g/mol. The van der Waals surface area contributed by atoms with Crippen molar-refractivity contribution in [1.82, 2.24) is 14.5 Å². The molecule has 142 valence electrons. The number of thiophene rings is 1. The van der Waals surface area contributed by atoms with E-state index in [1.807, 2.05) is 18.4 Å². The van der Waals surface area contributed by atoms with E-state index in [0.29, 0.717) is 0 Å². The molecule has 2 aromatic rings. The van der Waals surface area contributed by atoms with Gasteiger partial charge in [0.2, 0.25) is 10.0 Å². The molecule has 0 radical (unpaired) electrons. The number of nitrogens with one attached hydrogen (secondary N) is 1. The molecule has 1 N–H and O–H groups in total. The zero-order valence-corrected chi connectivity index (χ0v) is 18.1. The van der Waals surface area contributed by atoms with Crippen molar-refractivity contribution < 1.29 is 8.42 Å². The summed E-state index contributed by atoms with van der Waals surface area (Å²) in [7, 11) is -1.44. The molecule has 1 aromatic carbocycles. The first kappa shape index (κ1) is 20.0. The summed E-state index contributed by atoms with van der Waals surface area (Å²) in [6.45, 7) is 5.81.